The van der Waals surface area contributed by atoms with E-state index < -0.39 is 5.91 Å². The first kappa shape index (κ1) is 21.2. The maximum Gasteiger partial charge on any atom is 0.283 e. The van der Waals surface area contributed by atoms with E-state index in [1.807, 2.05) is 24.5 Å². The minimum Gasteiger partial charge on any atom is -0.318 e. The zero-order valence-electron chi connectivity index (χ0n) is 17.8. The highest BCUT2D eigenvalue weighted by molar-refractivity contribution is 8.26. The maximum atomic E-state index is 13.3. The van der Waals surface area contributed by atoms with E-state index in [1.165, 1.54) is 28.9 Å². The quantitative estimate of drug-likeness (QED) is 0.483. The van der Waals surface area contributed by atoms with Gasteiger partial charge in [0.1, 0.15) is 10.9 Å². The number of unbranched alkanes of at least 4 members (excludes halogenated alkanes) is 2. The lowest BCUT2D eigenvalue weighted by molar-refractivity contribution is -0.114. The summed E-state index contributed by atoms with van der Waals surface area (Å²) >= 11 is 1.37. The molecule has 31 heavy (non-hydrogen) atoms. The predicted octanol–water partition coefficient (Wildman–Crippen LogP) is 5.43. The van der Waals surface area contributed by atoms with Gasteiger partial charge in [-0.05, 0) is 80.4 Å². The number of rotatable bonds is 6. The number of hydrazone groups is 1. The number of amidine groups is 2. The summed E-state index contributed by atoms with van der Waals surface area (Å²) in [5.41, 5.74) is 3.70. The Morgan fingerprint density at radius 2 is 1.94 bits per heavy atom. The molecule has 0 fully saturated rings. The summed E-state index contributed by atoms with van der Waals surface area (Å²) < 4.78 is 15.3. The fourth-order valence-electron chi connectivity index (χ4n) is 3.74. The van der Waals surface area contributed by atoms with Gasteiger partial charge < -0.3 is 4.57 Å². The molecule has 0 aliphatic carbocycles. The Bertz CT molecular complexity index is 1140. The van der Waals surface area contributed by atoms with Crippen molar-refractivity contribution >= 4 is 39.8 Å². The molecular weight excluding hydrogens is 413 g/mol. The summed E-state index contributed by atoms with van der Waals surface area (Å²) in [5, 5.41) is 15.9. The molecular formula is C23H24FN5OS. The van der Waals surface area contributed by atoms with Crippen LogP contribution >= 0.6 is 11.8 Å². The van der Waals surface area contributed by atoms with Crippen LogP contribution in [0.2, 0.25) is 0 Å². The molecule has 0 radical (unpaired) electrons. The van der Waals surface area contributed by atoms with Gasteiger partial charge in [0.25, 0.3) is 5.91 Å². The Labute approximate surface area is 185 Å². The summed E-state index contributed by atoms with van der Waals surface area (Å²) in [4.78, 5) is 16.9. The molecule has 1 aromatic carbocycles. The van der Waals surface area contributed by atoms with Gasteiger partial charge in [-0.1, -0.05) is 19.8 Å². The van der Waals surface area contributed by atoms with Gasteiger partial charge in [0.05, 0.1) is 5.57 Å². The Balaban J connectivity index is 1.64. The van der Waals surface area contributed by atoms with Crippen molar-refractivity contribution in [3.05, 3.63) is 58.7 Å². The number of benzene rings is 1. The van der Waals surface area contributed by atoms with Crippen LogP contribution in [0.5, 0.6) is 0 Å². The van der Waals surface area contributed by atoms with E-state index in [0.29, 0.717) is 5.17 Å². The smallest absolute Gasteiger partial charge is 0.283 e. The molecule has 2 aliphatic rings. The average Bonchev–Trinajstić information content (AvgIpc) is 3.26. The highest BCUT2D eigenvalue weighted by Crippen LogP contribution is 2.31. The third-order valence-electron chi connectivity index (χ3n) is 5.35. The van der Waals surface area contributed by atoms with Gasteiger partial charge in [-0.25, -0.2) is 4.39 Å². The average molecular weight is 438 g/mol. The van der Waals surface area contributed by atoms with Gasteiger partial charge in [-0.3, -0.25) is 10.2 Å². The molecule has 4 rings (SSSR count). The van der Waals surface area contributed by atoms with Crippen LogP contribution in [0.4, 0.5) is 4.39 Å². The Hall–Kier alpha value is -3.00. The van der Waals surface area contributed by atoms with E-state index in [4.69, 9.17) is 5.41 Å². The highest BCUT2D eigenvalue weighted by Gasteiger charge is 2.35. The van der Waals surface area contributed by atoms with Crippen molar-refractivity contribution in [3.63, 3.8) is 0 Å². The molecule has 1 N–H and O–H groups in total. The zero-order valence-corrected chi connectivity index (χ0v) is 18.6. The largest absolute Gasteiger partial charge is 0.318 e. The SMILES string of the molecule is CCCCCC1=NN2C(=N)/C(=C\c3cc(C)n(-c4ccc(F)cc4)c3C)C(=O)N=C2S1. The number of amides is 1. The van der Waals surface area contributed by atoms with Crippen molar-refractivity contribution < 1.29 is 9.18 Å². The molecule has 0 spiro atoms. The number of aryl methyl sites for hydroxylation is 1. The van der Waals surface area contributed by atoms with Gasteiger partial charge in [0.2, 0.25) is 5.17 Å². The van der Waals surface area contributed by atoms with Crippen molar-refractivity contribution in [2.75, 3.05) is 0 Å². The third kappa shape index (κ3) is 4.12. The number of halogens is 1. The molecule has 0 saturated heterocycles. The van der Waals surface area contributed by atoms with Crippen molar-refractivity contribution in [2.24, 2.45) is 10.1 Å². The van der Waals surface area contributed by atoms with Crippen LogP contribution in [0, 0.1) is 25.1 Å². The predicted molar refractivity (Wildman–Crippen MR) is 124 cm³/mol. The second-order valence-corrected chi connectivity index (χ2v) is 8.65. The van der Waals surface area contributed by atoms with E-state index in [1.54, 1.807) is 18.2 Å². The fraction of sp³-hybridized carbons (Fsp3) is 0.304. The summed E-state index contributed by atoms with van der Waals surface area (Å²) in [7, 11) is 0. The first-order chi connectivity index (χ1) is 14.9. The molecule has 2 aromatic rings. The molecule has 160 valence electrons. The normalized spacial score (nSPS) is 17.3. The molecule has 0 unspecified atom stereocenters. The maximum absolute atomic E-state index is 13.3. The van der Waals surface area contributed by atoms with Crippen LogP contribution in [-0.4, -0.2) is 31.5 Å². The third-order valence-corrected chi connectivity index (χ3v) is 6.31. The minimum atomic E-state index is -0.430. The number of thioether (sulfide) groups is 1. The molecule has 1 amide bonds. The molecule has 1 aromatic heterocycles. The van der Waals surface area contributed by atoms with Crippen molar-refractivity contribution in [1.82, 2.24) is 9.58 Å². The Morgan fingerprint density at radius 3 is 2.65 bits per heavy atom. The van der Waals surface area contributed by atoms with Crippen LogP contribution in [0.3, 0.4) is 0 Å². The van der Waals surface area contributed by atoms with Crippen LogP contribution in [0.15, 0.2) is 46.0 Å². The van der Waals surface area contributed by atoms with Crippen LogP contribution in [0.1, 0.15) is 49.6 Å². The topological polar surface area (TPSA) is 73.8 Å². The number of nitrogens with one attached hydrogen (secondary N) is 1. The molecule has 0 saturated carbocycles. The van der Waals surface area contributed by atoms with E-state index in [9.17, 15) is 9.18 Å². The van der Waals surface area contributed by atoms with Crippen LogP contribution < -0.4 is 0 Å². The molecule has 8 heteroatoms. The molecule has 3 heterocycles. The van der Waals surface area contributed by atoms with Gasteiger partial charge in [-0.15, -0.1) is 0 Å². The number of carbonyl (C=O) groups excluding carboxylic acids is 1. The van der Waals surface area contributed by atoms with E-state index in [2.05, 4.69) is 17.0 Å². The van der Waals surface area contributed by atoms with E-state index >= 15 is 0 Å². The Kier molecular flexibility index (Phi) is 5.91. The lowest BCUT2D eigenvalue weighted by atomic mass is 10.1. The highest BCUT2D eigenvalue weighted by atomic mass is 32.2. The fourth-order valence-corrected chi connectivity index (χ4v) is 4.66. The van der Waals surface area contributed by atoms with E-state index in [0.717, 1.165) is 53.4 Å². The van der Waals surface area contributed by atoms with Crippen molar-refractivity contribution in [2.45, 2.75) is 46.5 Å². The van der Waals surface area contributed by atoms with Gasteiger partial charge >= 0.3 is 0 Å². The summed E-state index contributed by atoms with van der Waals surface area (Å²) in [6.07, 6.45) is 5.80. The second kappa shape index (κ2) is 8.63. The summed E-state index contributed by atoms with van der Waals surface area (Å²) in [6.45, 7) is 6.03. The first-order valence-corrected chi connectivity index (χ1v) is 11.1. The number of aliphatic imine (C=N–C) groups is 1. The molecule has 6 nitrogen and oxygen atoms in total. The van der Waals surface area contributed by atoms with Crippen molar-refractivity contribution in [3.8, 4) is 5.69 Å². The number of aromatic nitrogens is 1. The van der Waals surface area contributed by atoms with E-state index in [-0.39, 0.29) is 17.2 Å². The number of fused-ring (bicyclic) bond motifs is 1. The summed E-state index contributed by atoms with van der Waals surface area (Å²) in [6, 6.07) is 8.22. The van der Waals surface area contributed by atoms with Crippen molar-refractivity contribution in [1.29, 1.82) is 5.41 Å². The lowest BCUT2D eigenvalue weighted by Crippen LogP contribution is -2.35. The number of hydrogen-bond acceptors (Lipinski definition) is 4. The van der Waals surface area contributed by atoms with Gasteiger partial charge in [-0.2, -0.15) is 15.1 Å². The zero-order chi connectivity index (χ0) is 22.1. The summed E-state index contributed by atoms with van der Waals surface area (Å²) in [5.74, 6) is -0.679. The van der Waals surface area contributed by atoms with Crippen LogP contribution in [0.25, 0.3) is 11.8 Å². The monoisotopic (exact) mass is 437 g/mol. The Morgan fingerprint density at radius 1 is 1.19 bits per heavy atom. The van der Waals surface area contributed by atoms with Gasteiger partial charge in [0.15, 0.2) is 5.84 Å². The lowest BCUT2D eigenvalue weighted by Gasteiger charge is -2.20. The second-order valence-electron chi connectivity index (χ2n) is 7.61. The first-order valence-electron chi connectivity index (χ1n) is 10.3. The van der Waals surface area contributed by atoms with Gasteiger partial charge in [0, 0.05) is 17.1 Å². The molecule has 0 bridgehead atoms. The minimum absolute atomic E-state index is 0.0413. The van der Waals surface area contributed by atoms with Crippen LogP contribution in [-0.2, 0) is 4.79 Å². The molecule has 0 atom stereocenters. The number of carbonyl (C=O) groups is 1. The number of nitrogens with zero attached hydrogens (tertiary/aromatic N) is 4. The standard InChI is InChI=1S/C23H24FN5OS/c1-4-5-6-7-20-27-29-21(25)19(22(30)26-23(29)31-20)13-16-12-14(2)28(15(16)3)18-10-8-17(24)9-11-18/h8-13,25H,4-7H2,1-3H3/b19-13+,25-21?. The molecule has 2 aliphatic heterocycles. The number of hydrogen-bond donors (Lipinski definition) is 1.